The maximum atomic E-state index is 6.62. The topological polar surface area (TPSA) is 47.3 Å². The van der Waals surface area contributed by atoms with E-state index in [1.807, 2.05) is 0 Å². The minimum absolute atomic E-state index is 0.0768. The Balaban J connectivity index is 1.17. The second-order valence-corrected chi connectivity index (χ2v) is 18.7. The molecule has 0 bridgehead atoms. The summed E-state index contributed by atoms with van der Waals surface area (Å²) in [6, 6.07) is 26.4. The summed E-state index contributed by atoms with van der Waals surface area (Å²) in [7, 11) is 0. The number of hydrogen-bond donors (Lipinski definition) is 1. The zero-order valence-corrected chi connectivity index (χ0v) is 33.8. The molecule has 5 aromatic rings. The summed E-state index contributed by atoms with van der Waals surface area (Å²) in [6.07, 6.45) is 8.15. The molecular weight excluding hydrogens is 637 g/mol. The van der Waals surface area contributed by atoms with E-state index in [0.717, 1.165) is 70.5 Å². The Bertz CT molecular complexity index is 2060. The number of rotatable bonds is 10. The summed E-state index contributed by atoms with van der Waals surface area (Å²) in [5.41, 5.74) is 13.0. The molecule has 1 aromatic heterocycles. The van der Waals surface area contributed by atoms with Gasteiger partial charge in [-0.2, -0.15) is 0 Å². The molecule has 4 heteroatoms. The average molecular weight is 697 g/mol. The maximum Gasteiger partial charge on any atom is 0.227 e. The molecule has 4 aromatic carbocycles. The van der Waals surface area contributed by atoms with E-state index in [9.17, 15) is 0 Å². The molecule has 1 aliphatic heterocycles. The molecule has 0 saturated carbocycles. The Labute approximate surface area is 313 Å². The summed E-state index contributed by atoms with van der Waals surface area (Å²) in [5.74, 6) is 1.67. The second-order valence-electron chi connectivity index (χ2n) is 18.7. The number of oxazole rings is 1. The van der Waals surface area contributed by atoms with Crippen LogP contribution in [0.3, 0.4) is 0 Å². The third kappa shape index (κ3) is 8.33. The zero-order chi connectivity index (χ0) is 37.6. The second kappa shape index (κ2) is 13.9. The van der Waals surface area contributed by atoms with Crippen LogP contribution in [-0.4, -0.2) is 4.98 Å². The third-order valence-corrected chi connectivity index (χ3v) is 10.9. The van der Waals surface area contributed by atoms with Crippen LogP contribution < -0.4 is 10.1 Å². The summed E-state index contributed by atoms with van der Waals surface area (Å²) in [6.45, 7) is 27.5. The van der Waals surface area contributed by atoms with Crippen LogP contribution in [0.1, 0.15) is 141 Å². The van der Waals surface area contributed by atoms with E-state index in [2.05, 4.69) is 173 Å². The van der Waals surface area contributed by atoms with Crippen LogP contribution in [0.15, 0.2) is 77.2 Å². The number of anilines is 1. The van der Waals surface area contributed by atoms with E-state index < -0.39 is 0 Å². The van der Waals surface area contributed by atoms with Crippen molar-refractivity contribution in [1.82, 2.24) is 4.98 Å². The predicted octanol–water partition coefficient (Wildman–Crippen LogP) is 13.7. The Morgan fingerprint density at radius 3 is 1.73 bits per heavy atom. The van der Waals surface area contributed by atoms with E-state index >= 15 is 0 Å². The Morgan fingerprint density at radius 1 is 0.654 bits per heavy atom. The van der Waals surface area contributed by atoms with Gasteiger partial charge in [-0.1, -0.05) is 144 Å². The molecule has 274 valence electrons. The molecule has 6 rings (SSSR count). The van der Waals surface area contributed by atoms with Crippen molar-refractivity contribution in [3.05, 3.63) is 112 Å². The fourth-order valence-electron chi connectivity index (χ4n) is 6.91. The minimum atomic E-state index is -0.208. The van der Waals surface area contributed by atoms with Gasteiger partial charge in [0.25, 0.3) is 0 Å². The van der Waals surface area contributed by atoms with Gasteiger partial charge in [-0.25, -0.2) is 4.98 Å². The van der Waals surface area contributed by atoms with Crippen molar-refractivity contribution in [3.8, 4) is 17.2 Å². The van der Waals surface area contributed by atoms with Crippen LogP contribution in [-0.2, 0) is 23.7 Å². The van der Waals surface area contributed by atoms with Gasteiger partial charge >= 0.3 is 0 Å². The number of nitrogens with zero attached hydrogens (tertiary/aromatic N) is 1. The highest BCUT2D eigenvalue weighted by molar-refractivity contribution is 5.81. The largest absolute Gasteiger partial charge is 0.464 e. The summed E-state index contributed by atoms with van der Waals surface area (Å²) >= 11 is 0. The molecule has 0 radical (unpaired) electrons. The monoisotopic (exact) mass is 696 g/mol. The van der Waals surface area contributed by atoms with Crippen molar-refractivity contribution >= 4 is 28.9 Å². The molecule has 0 aliphatic carbocycles. The lowest BCUT2D eigenvalue weighted by Gasteiger charge is -2.26. The van der Waals surface area contributed by atoms with E-state index in [4.69, 9.17) is 14.1 Å². The third-order valence-electron chi connectivity index (χ3n) is 10.9. The Hall–Kier alpha value is -4.31. The van der Waals surface area contributed by atoms with Gasteiger partial charge in [0.2, 0.25) is 5.89 Å². The smallest absolute Gasteiger partial charge is 0.227 e. The van der Waals surface area contributed by atoms with Gasteiger partial charge in [-0.15, -0.1) is 0 Å². The molecule has 0 spiro atoms. The molecule has 0 amide bonds. The van der Waals surface area contributed by atoms with Crippen LogP contribution in [0.2, 0.25) is 0 Å². The van der Waals surface area contributed by atoms with Crippen LogP contribution in [0.4, 0.5) is 5.69 Å². The SMILES string of the molecule is CCC(C)(C)c1cc(CC(C)(C)C)c2c(c1)NC(c1ccc(C=Cc3ccc(-c4nc5cc(C(C)(C)CC)cc(CC(C)(C)C)c5o4)cc3)cc1)O2. The maximum absolute atomic E-state index is 6.62. The van der Waals surface area contributed by atoms with Crippen molar-refractivity contribution in [2.24, 2.45) is 10.8 Å². The molecule has 1 N–H and O–H groups in total. The van der Waals surface area contributed by atoms with Gasteiger partial charge in [-0.05, 0) is 105 Å². The number of aromatic nitrogens is 1. The van der Waals surface area contributed by atoms with Crippen LogP contribution in [0, 0.1) is 10.8 Å². The number of fused-ring (bicyclic) bond motifs is 2. The fraction of sp³-hybridized carbons (Fsp3) is 0.438. The zero-order valence-electron chi connectivity index (χ0n) is 33.8. The van der Waals surface area contributed by atoms with Crippen molar-refractivity contribution in [1.29, 1.82) is 0 Å². The van der Waals surface area contributed by atoms with Gasteiger partial charge in [0.1, 0.15) is 11.3 Å². The van der Waals surface area contributed by atoms with Gasteiger partial charge in [-0.3, -0.25) is 0 Å². The van der Waals surface area contributed by atoms with Crippen molar-refractivity contribution in [2.75, 3.05) is 5.32 Å². The molecule has 0 saturated heterocycles. The first kappa shape index (κ1) is 37.4. The number of ether oxygens (including phenoxy) is 1. The van der Waals surface area contributed by atoms with Gasteiger partial charge in [0, 0.05) is 11.1 Å². The quantitative estimate of drug-likeness (QED) is 0.148. The summed E-state index contributed by atoms with van der Waals surface area (Å²) in [5, 5.41) is 3.69. The van der Waals surface area contributed by atoms with Crippen molar-refractivity contribution in [3.63, 3.8) is 0 Å². The summed E-state index contributed by atoms with van der Waals surface area (Å²) < 4.78 is 13.1. The van der Waals surface area contributed by atoms with Gasteiger partial charge in [0.15, 0.2) is 11.8 Å². The van der Waals surface area contributed by atoms with Crippen molar-refractivity contribution < 1.29 is 9.15 Å². The van der Waals surface area contributed by atoms with E-state index in [0.29, 0.717) is 5.89 Å². The lowest BCUT2D eigenvalue weighted by molar-refractivity contribution is 0.254. The van der Waals surface area contributed by atoms with E-state index in [1.165, 1.54) is 22.3 Å². The lowest BCUT2D eigenvalue weighted by Crippen LogP contribution is -2.17. The molecule has 2 heterocycles. The lowest BCUT2D eigenvalue weighted by atomic mass is 9.79. The Kier molecular flexibility index (Phi) is 10.0. The normalized spacial score (nSPS) is 15.3. The van der Waals surface area contributed by atoms with Gasteiger partial charge in [0.05, 0.1) is 5.69 Å². The highest BCUT2D eigenvalue weighted by atomic mass is 16.5. The van der Waals surface area contributed by atoms with Crippen molar-refractivity contribution in [2.45, 2.75) is 126 Å². The van der Waals surface area contributed by atoms with E-state index in [1.54, 1.807) is 0 Å². The standard InChI is InChI=1S/C48H60N2O2/c1-13-47(9,10)37-25-35(29-45(3,4)5)41-39(27-37)49-43(51-41)33-21-17-31(18-22-33)15-16-32-19-23-34(24-20-32)44-50-40-28-38(48(11,12)14-2)26-36(42(40)52-44)30-46(6,7)8/h15-28,43,49H,13-14,29-30H2,1-12H3. The molecule has 0 fully saturated rings. The number of nitrogens with one attached hydrogen (secondary N) is 1. The molecule has 1 unspecified atom stereocenters. The highest BCUT2D eigenvalue weighted by Crippen LogP contribution is 2.46. The first-order chi connectivity index (χ1) is 24.3. The highest BCUT2D eigenvalue weighted by Gasteiger charge is 2.31. The van der Waals surface area contributed by atoms with Gasteiger partial charge < -0.3 is 14.5 Å². The number of benzene rings is 4. The van der Waals surface area contributed by atoms with Crippen LogP contribution in [0.5, 0.6) is 5.75 Å². The van der Waals surface area contributed by atoms with Crippen LogP contribution in [0.25, 0.3) is 34.7 Å². The number of hydrogen-bond acceptors (Lipinski definition) is 4. The molecule has 4 nitrogen and oxygen atoms in total. The van der Waals surface area contributed by atoms with Crippen LogP contribution >= 0.6 is 0 Å². The minimum Gasteiger partial charge on any atom is -0.464 e. The molecular formula is C48H60N2O2. The first-order valence-corrected chi connectivity index (χ1v) is 19.3. The molecule has 1 aliphatic rings. The predicted molar refractivity (Wildman–Crippen MR) is 221 cm³/mol. The molecule has 1 atom stereocenters. The molecule has 52 heavy (non-hydrogen) atoms. The average Bonchev–Trinajstić information content (AvgIpc) is 3.72. The first-order valence-electron chi connectivity index (χ1n) is 19.3. The van der Waals surface area contributed by atoms with E-state index in [-0.39, 0.29) is 27.9 Å². The Morgan fingerprint density at radius 2 is 1.17 bits per heavy atom. The fourth-order valence-corrected chi connectivity index (χ4v) is 6.91. The summed E-state index contributed by atoms with van der Waals surface area (Å²) in [4.78, 5) is 5.00.